The Kier molecular flexibility index (Phi) is 5.96. The zero-order chi connectivity index (χ0) is 17.6. The minimum atomic E-state index is -0.0745. The first-order valence-corrected chi connectivity index (χ1v) is 8.32. The highest BCUT2D eigenvalue weighted by Crippen LogP contribution is 2.23. The molecule has 0 atom stereocenters. The van der Waals surface area contributed by atoms with Crippen molar-refractivity contribution in [1.29, 1.82) is 0 Å². The second-order valence-electron chi connectivity index (χ2n) is 6.93. The van der Waals surface area contributed by atoms with Gasteiger partial charge in [-0.05, 0) is 24.1 Å². The lowest BCUT2D eigenvalue weighted by atomic mass is 9.86. The summed E-state index contributed by atoms with van der Waals surface area (Å²) in [6, 6.07) is 14.4. The topological polar surface area (TPSA) is 40.5 Å². The highest BCUT2D eigenvalue weighted by Gasteiger charge is 2.24. The van der Waals surface area contributed by atoms with Crippen molar-refractivity contribution < 1.29 is 0 Å². The van der Waals surface area contributed by atoms with Crippen LogP contribution in [0.2, 0.25) is 0 Å². The molecule has 24 heavy (non-hydrogen) atoms. The Bertz CT molecular complexity index is 675. The van der Waals surface area contributed by atoms with E-state index < -0.39 is 0 Å². The minimum absolute atomic E-state index is 0.0745. The molecular weight excluding hydrogens is 296 g/mol. The Morgan fingerprint density at radius 2 is 1.83 bits per heavy atom. The third-order valence-corrected chi connectivity index (χ3v) is 4.02. The van der Waals surface area contributed by atoms with Gasteiger partial charge in [0.2, 0.25) is 0 Å². The molecule has 0 fully saturated rings. The lowest BCUT2D eigenvalue weighted by molar-refractivity contribution is 0.473. The molecule has 0 amide bonds. The van der Waals surface area contributed by atoms with Crippen LogP contribution >= 0.6 is 0 Å². The van der Waals surface area contributed by atoms with E-state index in [1.807, 2.05) is 49.5 Å². The zero-order valence-corrected chi connectivity index (χ0v) is 15.4. The number of aliphatic imine (C=N–C) groups is 1. The van der Waals surface area contributed by atoms with Gasteiger partial charge in [0.1, 0.15) is 0 Å². The van der Waals surface area contributed by atoms with Crippen molar-refractivity contribution in [2.75, 3.05) is 20.6 Å². The molecule has 2 rings (SSSR count). The fourth-order valence-corrected chi connectivity index (χ4v) is 2.68. The third kappa shape index (κ3) is 4.82. The predicted molar refractivity (Wildman–Crippen MR) is 101 cm³/mol. The van der Waals surface area contributed by atoms with Crippen molar-refractivity contribution in [2.24, 2.45) is 4.99 Å². The number of hydrogen-bond acceptors (Lipinski definition) is 2. The number of hydrogen-bond donors (Lipinski definition) is 1. The van der Waals surface area contributed by atoms with Crippen molar-refractivity contribution in [3.63, 3.8) is 0 Å². The Morgan fingerprint density at radius 1 is 1.12 bits per heavy atom. The smallest absolute Gasteiger partial charge is 0.193 e. The van der Waals surface area contributed by atoms with Crippen LogP contribution < -0.4 is 5.32 Å². The first kappa shape index (κ1) is 18.0. The van der Waals surface area contributed by atoms with Gasteiger partial charge in [-0.3, -0.25) is 4.98 Å². The second kappa shape index (κ2) is 7.95. The average Bonchev–Trinajstić information content (AvgIpc) is 2.55. The van der Waals surface area contributed by atoms with Gasteiger partial charge in [-0.15, -0.1) is 0 Å². The van der Waals surface area contributed by atoms with Crippen LogP contribution in [0.3, 0.4) is 0 Å². The summed E-state index contributed by atoms with van der Waals surface area (Å²) in [4.78, 5) is 11.3. The van der Waals surface area contributed by atoms with Crippen molar-refractivity contribution in [1.82, 2.24) is 15.2 Å². The molecule has 0 saturated carbocycles. The van der Waals surface area contributed by atoms with Crippen LogP contribution in [0.1, 0.15) is 30.7 Å². The molecule has 0 aliphatic heterocycles. The summed E-state index contributed by atoms with van der Waals surface area (Å²) in [5.41, 5.74) is 3.48. The first-order chi connectivity index (χ1) is 11.4. The van der Waals surface area contributed by atoms with E-state index in [1.165, 1.54) is 11.1 Å². The summed E-state index contributed by atoms with van der Waals surface area (Å²) in [5.74, 6) is 0.889. The molecule has 0 aliphatic rings. The van der Waals surface area contributed by atoms with E-state index in [-0.39, 0.29) is 5.41 Å². The summed E-state index contributed by atoms with van der Waals surface area (Å²) in [6.07, 6.45) is 1.86. The van der Waals surface area contributed by atoms with Gasteiger partial charge in [-0.2, -0.15) is 0 Å². The number of aromatic nitrogens is 1. The molecule has 2 aromatic rings. The Morgan fingerprint density at radius 3 is 2.46 bits per heavy atom. The molecule has 1 N–H and O–H groups in total. The van der Waals surface area contributed by atoms with E-state index in [4.69, 9.17) is 4.99 Å². The lowest BCUT2D eigenvalue weighted by Crippen LogP contribution is -2.43. The van der Waals surface area contributed by atoms with Crippen LogP contribution in [0.15, 0.2) is 53.7 Å². The van der Waals surface area contributed by atoms with Gasteiger partial charge in [0.25, 0.3) is 0 Å². The van der Waals surface area contributed by atoms with Crippen molar-refractivity contribution in [3.05, 3.63) is 65.5 Å². The molecule has 0 unspecified atom stereocenters. The molecule has 0 aliphatic carbocycles. The summed E-state index contributed by atoms with van der Waals surface area (Å²) >= 11 is 0. The van der Waals surface area contributed by atoms with Crippen LogP contribution in [0.25, 0.3) is 0 Å². The lowest BCUT2D eigenvalue weighted by Gasteiger charge is -2.28. The fourth-order valence-electron chi connectivity index (χ4n) is 2.68. The molecule has 0 radical (unpaired) electrons. The Labute approximate surface area is 145 Å². The summed E-state index contributed by atoms with van der Waals surface area (Å²) in [7, 11) is 4.02. The van der Waals surface area contributed by atoms with E-state index in [9.17, 15) is 0 Å². The molecule has 1 aromatic heterocycles. The quantitative estimate of drug-likeness (QED) is 0.677. The highest BCUT2D eigenvalue weighted by molar-refractivity contribution is 5.79. The first-order valence-electron chi connectivity index (χ1n) is 8.32. The average molecular weight is 324 g/mol. The number of nitrogens with zero attached hydrogens (tertiary/aromatic N) is 3. The number of aryl methyl sites for hydroxylation is 1. The second-order valence-corrected chi connectivity index (χ2v) is 6.93. The van der Waals surface area contributed by atoms with Crippen LogP contribution in [-0.4, -0.2) is 36.5 Å². The van der Waals surface area contributed by atoms with Crippen LogP contribution in [0, 0.1) is 6.92 Å². The van der Waals surface area contributed by atoms with E-state index in [0.717, 1.165) is 18.2 Å². The molecule has 0 bridgehead atoms. The largest absolute Gasteiger partial charge is 0.355 e. The van der Waals surface area contributed by atoms with Gasteiger partial charge >= 0.3 is 0 Å². The van der Waals surface area contributed by atoms with Crippen LogP contribution in [-0.2, 0) is 12.0 Å². The summed E-state index contributed by atoms with van der Waals surface area (Å²) in [5, 5.41) is 3.49. The minimum Gasteiger partial charge on any atom is -0.355 e. The SMILES string of the molecule is Cc1cccnc1C(C)(C)CNC(=NCc1ccccc1)N(C)C. The standard InChI is InChI=1S/C20H28N4/c1-16-10-9-13-21-18(16)20(2,3)15-23-19(24(4)5)22-14-17-11-7-6-8-12-17/h6-13H,14-15H2,1-5H3,(H,22,23). The monoisotopic (exact) mass is 324 g/mol. The van der Waals surface area contributed by atoms with Gasteiger partial charge in [0, 0.05) is 32.3 Å². The molecule has 0 spiro atoms. The van der Waals surface area contributed by atoms with Crippen molar-refractivity contribution in [2.45, 2.75) is 32.7 Å². The van der Waals surface area contributed by atoms with Gasteiger partial charge < -0.3 is 10.2 Å². The number of rotatable bonds is 5. The van der Waals surface area contributed by atoms with E-state index in [1.54, 1.807) is 0 Å². The number of guanidine groups is 1. The molecule has 1 heterocycles. The third-order valence-electron chi connectivity index (χ3n) is 4.02. The summed E-state index contributed by atoms with van der Waals surface area (Å²) in [6.45, 7) is 7.97. The maximum Gasteiger partial charge on any atom is 0.193 e. The molecule has 1 aromatic carbocycles. The van der Waals surface area contributed by atoms with Crippen molar-refractivity contribution in [3.8, 4) is 0 Å². The molecule has 4 nitrogen and oxygen atoms in total. The van der Waals surface area contributed by atoms with E-state index in [0.29, 0.717) is 6.54 Å². The Balaban J connectivity index is 2.07. The van der Waals surface area contributed by atoms with E-state index >= 15 is 0 Å². The summed E-state index contributed by atoms with van der Waals surface area (Å²) < 4.78 is 0. The van der Waals surface area contributed by atoms with Crippen LogP contribution in [0.4, 0.5) is 0 Å². The number of nitrogens with one attached hydrogen (secondary N) is 1. The van der Waals surface area contributed by atoms with E-state index in [2.05, 4.69) is 49.3 Å². The van der Waals surface area contributed by atoms with Gasteiger partial charge in [-0.25, -0.2) is 4.99 Å². The predicted octanol–water partition coefficient (Wildman–Crippen LogP) is 3.38. The fraction of sp³-hybridized carbons (Fsp3) is 0.400. The van der Waals surface area contributed by atoms with Gasteiger partial charge in [0.15, 0.2) is 5.96 Å². The highest BCUT2D eigenvalue weighted by atomic mass is 15.3. The van der Waals surface area contributed by atoms with Crippen molar-refractivity contribution >= 4 is 5.96 Å². The zero-order valence-electron chi connectivity index (χ0n) is 15.4. The normalized spacial score (nSPS) is 12.1. The number of pyridine rings is 1. The molecule has 128 valence electrons. The maximum atomic E-state index is 4.72. The molecule has 4 heteroatoms. The molecular formula is C20H28N4. The number of benzene rings is 1. The van der Waals surface area contributed by atoms with Crippen LogP contribution in [0.5, 0.6) is 0 Å². The van der Waals surface area contributed by atoms with Gasteiger partial charge in [0.05, 0.1) is 12.2 Å². The molecule has 0 saturated heterocycles. The van der Waals surface area contributed by atoms with Gasteiger partial charge in [-0.1, -0.05) is 50.2 Å². The maximum absolute atomic E-state index is 4.72. The Hall–Kier alpha value is -2.36.